The minimum atomic E-state index is -1.98. The Bertz CT molecular complexity index is 418. The van der Waals surface area contributed by atoms with Crippen molar-refractivity contribution in [1.29, 1.82) is 0 Å². The highest BCUT2D eigenvalue weighted by Crippen LogP contribution is 2.48. The van der Waals surface area contributed by atoms with Gasteiger partial charge < -0.3 is 4.74 Å². The zero-order valence-corrected chi connectivity index (χ0v) is 8.22. The average Bonchev–Trinajstić information content (AvgIpc) is 2.28. The minimum absolute atomic E-state index is 0.192. The maximum atomic E-state index is 14.1. The lowest BCUT2D eigenvalue weighted by Gasteiger charge is -2.49. The van der Waals surface area contributed by atoms with Crippen LogP contribution in [0.5, 0.6) is 0 Å². The van der Waals surface area contributed by atoms with Crippen molar-refractivity contribution >= 4 is 0 Å². The van der Waals surface area contributed by atoms with E-state index in [2.05, 4.69) is 10.0 Å². The highest BCUT2D eigenvalue weighted by molar-refractivity contribution is 5.28. The smallest absolute Gasteiger partial charge is 0.244 e. The molecule has 78 valence electrons. The lowest BCUT2D eigenvalue weighted by molar-refractivity contribution is -0.268. The standard InChI is InChI=1S/C10H10FN3O/c1-9(8-5-3-2-4-6-8)10(11,7-15-9)13-14-12/h2-6H,7H2,1H3/t9-,10-/m0/s1. The van der Waals surface area contributed by atoms with Crippen LogP contribution in [0, 0.1) is 0 Å². The molecule has 15 heavy (non-hydrogen) atoms. The quantitative estimate of drug-likeness (QED) is 0.318. The summed E-state index contributed by atoms with van der Waals surface area (Å²) in [5.41, 5.74) is 7.81. The van der Waals surface area contributed by atoms with Crippen molar-refractivity contribution in [3.63, 3.8) is 0 Å². The summed E-state index contributed by atoms with van der Waals surface area (Å²) in [7, 11) is 0. The Morgan fingerprint density at radius 3 is 2.60 bits per heavy atom. The highest BCUT2D eigenvalue weighted by atomic mass is 19.1. The molecule has 1 aliphatic rings. The van der Waals surface area contributed by atoms with Gasteiger partial charge in [-0.15, -0.1) is 0 Å². The summed E-state index contributed by atoms with van der Waals surface area (Å²) in [6.45, 7) is 1.39. The van der Waals surface area contributed by atoms with E-state index in [1.165, 1.54) is 0 Å². The number of rotatable bonds is 2. The molecule has 1 aliphatic heterocycles. The van der Waals surface area contributed by atoms with Gasteiger partial charge in [0.1, 0.15) is 5.60 Å². The van der Waals surface area contributed by atoms with Crippen molar-refractivity contribution < 1.29 is 9.13 Å². The van der Waals surface area contributed by atoms with E-state index in [0.717, 1.165) is 0 Å². The number of nitrogens with zero attached hydrogens (tertiary/aromatic N) is 3. The molecule has 0 N–H and O–H groups in total. The summed E-state index contributed by atoms with van der Waals surface area (Å²) in [5, 5.41) is 3.18. The van der Waals surface area contributed by atoms with Gasteiger partial charge in [0, 0.05) is 4.91 Å². The molecule has 2 atom stereocenters. The van der Waals surface area contributed by atoms with Gasteiger partial charge >= 0.3 is 0 Å². The predicted molar refractivity (Wildman–Crippen MR) is 52.7 cm³/mol. The van der Waals surface area contributed by atoms with Crippen LogP contribution in [0.15, 0.2) is 35.4 Å². The van der Waals surface area contributed by atoms with Crippen molar-refractivity contribution in [1.82, 2.24) is 0 Å². The Hall–Kier alpha value is -1.58. The highest BCUT2D eigenvalue weighted by Gasteiger charge is 2.60. The van der Waals surface area contributed by atoms with E-state index in [1.54, 1.807) is 31.2 Å². The fraction of sp³-hybridized carbons (Fsp3) is 0.400. The summed E-state index contributed by atoms with van der Waals surface area (Å²) in [5.74, 6) is -1.98. The first-order valence-corrected chi connectivity index (χ1v) is 4.57. The number of benzene rings is 1. The van der Waals surface area contributed by atoms with Crippen LogP contribution >= 0.6 is 0 Å². The van der Waals surface area contributed by atoms with Crippen LogP contribution in [0.2, 0.25) is 0 Å². The molecule has 0 aliphatic carbocycles. The van der Waals surface area contributed by atoms with Crippen molar-refractivity contribution in [3.8, 4) is 0 Å². The van der Waals surface area contributed by atoms with Crippen LogP contribution in [-0.2, 0) is 10.3 Å². The number of halogens is 1. The van der Waals surface area contributed by atoms with E-state index < -0.39 is 11.4 Å². The third kappa shape index (κ3) is 1.28. The molecule has 1 heterocycles. The van der Waals surface area contributed by atoms with Gasteiger partial charge in [-0.3, -0.25) is 0 Å². The van der Waals surface area contributed by atoms with E-state index >= 15 is 0 Å². The number of hydrogen-bond donors (Lipinski definition) is 0. The number of alkyl halides is 1. The van der Waals surface area contributed by atoms with Crippen molar-refractivity contribution in [3.05, 3.63) is 46.3 Å². The van der Waals surface area contributed by atoms with Crippen LogP contribution in [-0.4, -0.2) is 12.4 Å². The van der Waals surface area contributed by atoms with Crippen LogP contribution in [0.25, 0.3) is 10.4 Å². The minimum Gasteiger partial charge on any atom is -0.363 e. The lowest BCUT2D eigenvalue weighted by atomic mass is 9.82. The molecular formula is C10H10FN3O. The van der Waals surface area contributed by atoms with Crippen molar-refractivity contribution in [2.24, 2.45) is 5.11 Å². The summed E-state index contributed by atoms with van der Waals surface area (Å²) in [4.78, 5) is 2.52. The second kappa shape index (κ2) is 3.22. The first kappa shape index (κ1) is 9.96. The van der Waals surface area contributed by atoms with Crippen molar-refractivity contribution in [2.75, 3.05) is 6.61 Å². The molecule has 0 bridgehead atoms. The average molecular weight is 207 g/mol. The summed E-state index contributed by atoms with van der Waals surface area (Å²) in [6, 6.07) is 8.91. The lowest BCUT2D eigenvalue weighted by Crippen LogP contribution is -2.60. The van der Waals surface area contributed by atoms with Gasteiger partial charge in [-0.25, -0.2) is 4.39 Å². The summed E-state index contributed by atoms with van der Waals surface area (Å²) >= 11 is 0. The fourth-order valence-electron chi connectivity index (χ4n) is 1.66. The van der Waals surface area contributed by atoms with E-state index in [-0.39, 0.29) is 6.61 Å². The molecular weight excluding hydrogens is 197 g/mol. The normalized spacial score (nSPS) is 34.0. The Balaban J connectivity index is 2.41. The largest absolute Gasteiger partial charge is 0.363 e. The maximum Gasteiger partial charge on any atom is 0.244 e. The predicted octanol–water partition coefficient (Wildman–Crippen LogP) is 2.91. The summed E-state index contributed by atoms with van der Waals surface area (Å²) < 4.78 is 19.3. The third-order valence-corrected chi connectivity index (χ3v) is 2.81. The zero-order chi connectivity index (χ0) is 10.9. The molecule has 0 unspecified atom stereocenters. The monoisotopic (exact) mass is 207 g/mol. The van der Waals surface area contributed by atoms with Crippen LogP contribution in [0.4, 0.5) is 4.39 Å². The molecule has 1 saturated heterocycles. The molecule has 0 radical (unpaired) electrons. The van der Waals surface area contributed by atoms with Gasteiger partial charge in [0.25, 0.3) is 0 Å². The Morgan fingerprint density at radius 2 is 2.13 bits per heavy atom. The SMILES string of the molecule is C[C@@]1(c2ccccc2)OC[C@]1(F)N=[N+]=[N-]. The van der Waals surface area contributed by atoms with Gasteiger partial charge in [0.2, 0.25) is 5.79 Å². The molecule has 2 rings (SSSR count). The first-order valence-electron chi connectivity index (χ1n) is 4.57. The van der Waals surface area contributed by atoms with Gasteiger partial charge in [0.15, 0.2) is 0 Å². The molecule has 1 fully saturated rings. The van der Waals surface area contributed by atoms with Crippen LogP contribution in [0.1, 0.15) is 12.5 Å². The molecule has 1 aromatic carbocycles. The number of azide groups is 1. The molecule has 4 nitrogen and oxygen atoms in total. The molecule has 0 aromatic heterocycles. The fourth-order valence-corrected chi connectivity index (χ4v) is 1.66. The maximum absolute atomic E-state index is 14.1. The zero-order valence-electron chi connectivity index (χ0n) is 8.22. The second-order valence-corrected chi connectivity index (χ2v) is 3.64. The van der Waals surface area contributed by atoms with Crippen LogP contribution < -0.4 is 0 Å². The molecule has 0 saturated carbocycles. The van der Waals surface area contributed by atoms with Gasteiger partial charge in [0.05, 0.1) is 6.61 Å². The van der Waals surface area contributed by atoms with Gasteiger partial charge in [-0.05, 0) is 23.1 Å². The van der Waals surface area contributed by atoms with E-state index in [0.29, 0.717) is 5.56 Å². The van der Waals surface area contributed by atoms with Gasteiger partial charge in [-0.2, -0.15) is 0 Å². The number of hydrogen-bond acceptors (Lipinski definition) is 2. The molecule has 0 spiro atoms. The van der Waals surface area contributed by atoms with Crippen LogP contribution in [0.3, 0.4) is 0 Å². The van der Waals surface area contributed by atoms with E-state index in [9.17, 15) is 4.39 Å². The Morgan fingerprint density at radius 1 is 1.47 bits per heavy atom. The van der Waals surface area contributed by atoms with Crippen molar-refractivity contribution in [2.45, 2.75) is 18.3 Å². The third-order valence-electron chi connectivity index (χ3n) is 2.81. The summed E-state index contributed by atoms with van der Waals surface area (Å²) in [6.07, 6.45) is 0. The first-order chi connectivity index (χ1) is 7.12. The topological polar surface area (TPSA) is 58.0 Å². The molecule has 1 aromatic rings. The number of ether oxygens (including phenoxy) is 1. The van der Waals surface area contributed by atoms with E-state index in [1.807, 2.05) is 6.07 Å². The Labute approximate surface area is 86.3 Å². The molecule has 5 heteroatoms. The van der Waals surface area contributed by atoms with E-state index in [4.69, 9.17) is 10.3 Å². The van der Waals surface area contributed by atoms with Gasteiger partial charge in [-0.1, -0.05) is 30.3 Å². The molecule has 0 amide bonds. The Kier molecular flexibility index (Phi) is 2.14. The second-order valence-electron chi connectivity index (χ2n) is 3.64.